The molecule has 0 aliphatic heterocycles. The number of hydrogen-bond acceptors (Lipinski definition) is 11. The number of carbonyl (C=O) groups excluding carboxylic acids is 3. The summed E-state index contributed by atoms with van der Waals surface area (Å²) in [5.41, 5.74) is 0. The Labute approximate surface area is 159 Å². The molecule has 0 fully saturated rings. The number of aliphatic carboxylic acids is 3. The molecule has 11 nitrogen and oxygen atoms in total. The van der Waals surface area contributed by atoms with Crippen LogP contribution in [0.1, 0.15) is 12.8 Å². The molecule has 0 rings (SSSR count). The van der Waals surface area contributed by atoms with Gasteiger partial charge in [-0.25, -0.2) is 0 Å². The average Bonchev–Trinajstić information content (AvgIpc) is 2.60. The zero-order valence-electron chi connectivity index (χ0n) is 15.9. The average molecular weight is 407 g/mol. The van der Waals surface area contributed by atoms with Gasteiger partial charge in [0.05, 0.1) is 11.9 Å². The maximum absolute atomic E-state index is 11.0. The van der Waals surface area contributed by atoms with Gasteiger partial charge in [-0.3, -0.25) is 9.80 Å². The molecule has 0 radical (unpaired) electrons. The molecule has 0 bridgehead atoms. The predicted octanol–water partition coefficient (Wildman–Crippen LogP) is -4.50. The summed E-state index contributed by atoms with van der Waals surface area (Å²) < 4.78 is 15.9. The van der Waals surface area contributed by atoms with E-state index in [1.54, 1.807) is 4.90 Å². The molecule has 27 heavy (non-hydrogen) atoms. The Hall–Kier alpha value is -1.57. The van der Waals surface area contributed by atoms with Gasteiger partial charge in [-0.2, -0.15) is 0 Å². The highest BCUT2D eigenvalue weighted by molar-refractivity contribution is 6.60. The fourth-order valence-electron chi connectivity index (χ4n) is 2.51. The van der Waals surface area contributed by atoms with Crippen molar-refractivity contribution in [3.05, 3.63) is 0 Å². The summed E-state index contributed by atoms with van der Waals surface area (Å²) >= 11 is 0. The van der Waals surface area contributed by atoms with E-state index in [1.807, 2.05) is 0 Å². The van der Waals surface area contributed by atoms with Crippen LogP contribution in [0.5, 0.6) is 0 Å². The highest BCUT2D eigenvalue weighted by Crippen LogP contribution is 2.15. The van der Waals surface area contributed by atoms with Crippen molar-refractivity contribution in [3.63, 3.8) is 0 Å². The normalized spacial score (nSPS) is 11.9. The summed E-state index contributed by atoms with van der Waals surface area (Å²) in [6.45, 7) is -0.132. The lowest BCUT2D eigenvalue weighted by molar-refractivity contribution is -0.309. The van der Waals surface area contributed by atoms with E-state index in [2.05, 4.69) is 0 Å². The molecule has 0 aromatic carbocycles. The maximum Gasteiger partial charge on any atom is 0.500 e. The Balaban J connectivity index is 4.70. The van der Waals surface area contributed by atoms with Gasteiger partial charge in [0.25, 0.3) is 0 Å². The SMILES string of the molecule is CO[Si](CCCN(CCN(CCC(=O)[O-])CC(=O)[O-])CC(=O)[O-])(OC)OC. The van der Waals surface area contributed by atoms with Crippen molar-refractivity contribution < 1.29 is 43.0 Å². The first-order valence-corrected chi connectivity index (χ1v) is 10.3. The van der Waals surface area contributed by atoms with Gasteiger partial charge in [0, 0.05) is 66.1 Å². The molecule has 0 N–H and O–H groups in total. The van der Waals surface area contributed by atoms with Crippen LogP contribution in [0, 0.1) is 0 Å². The number of rotatable bonds is 17. The van der Waals surface area contributed by atoms with Crippen LogP contribution in [0.3, 0.4) is 0 Å². The fourth-order valence-corrected chi connectivity index (χ4v) is 4.22. The molecule has 0 aromatic rings. The second-order valence-corrected chi connectivity index (χ2v) is 8.91. The second-order valence-electron chi connectivity index (χ2n) is 5.82. The molecule has 0 unspecified atom stereocenters. The summed E-state index contributed by atoms with van der Waals surface area (Å²) in [5, 5.41) is 32.3. The molecule has 0 spiro atoms. The third-order valence-corrected chi connectivity index (χ3v) is 6.79. The summed E-state index contributed by atoms with van der Waals surface area (Å²) in [7, 11) is 1.66. The summed E-state index contributed by atoms with van der Waals surface area (Å²) in [4.78, 5) is 35.2. The van der Waals surface area contributed by atoms with Gasteiger partial charge in [0.1, 0.15) is 0 Å². The van der Waals surface area contributed by atoms with Crippen molar-refractivity contribution in [2.45, 2.75) is 18.9 Å². The smallest absolute Gasteiger partial charge is 0.500 e. The van der Waals surface area contributed by atoms with E-state index in [0.717, 1.165) is 0 Å². The number of carboxylic acids is 3. The van der Waals surface area contributed by atoms with Crippen LogP contribution in [0.25, 0.3) is 0 Å². The van der Waals surface area contributed by atoms with Crippen LogP contribution < -0.4 is 15.3 Å². The minimum Gasteiger partial charge on any atom is -0.550 e. The minimum atomic E-state index is -2.77. The number of hydrogen-bond donors (Lipinski definition) is 0. The topological polar surface area (TPSA) is 155 Å². The van der Waals surface area contributed by atoms with E-state index >= 15 is 0 Å². The number of carboxylic acid groups (broad SMARTS) is 3. The van der Waals surface area contributed by atoms with Gasteiger partial charge >= 0.3 is 8.80 Å². The molecule has 12 heteroatoms. The summed E-state index contributed by atoms with van der Waals surface area (Å²) in [6, 6.07) is 0.466. The lowest BCUT2D eigenvalue weighted by Gasteiger charge is -2.29. The van der Waals surface area contributed by atoms with Crippen LogP contribution in [0.15, 0.2) is 0 Å². The molecular weight excluding hydrogens is 380 g/mol. The highest BCUT2D eigenvalue weighted by Gasteiger charge is 2.37. The van der Waals surface area contributed by atoms with E-state index in [1.165, 1.54) is 26.2 Å². The molecule has 0 amide bonds. The first-order valence-electron chi connectivity index (χ1n) is 8.37. The van der Waals surface area contributed by atoms with Gasteiger partial charge < -0.3 is 43.0 Å². The standard InChI is InChI=1S/C15H30N2O9Si/c1-24-27(25-2,26-3)10-4-6-16(11-14(20)21)8-9-17(12-15(22)23)7-5-13(18)19/h4-12H2,1-3H3,(H,18,19)(H,20,21)(H,22,23)/p-3. The van der Waals surface area contributed by atoms with Crippen molar-refractivity contribution >= 4 is 26.7 Å². The van der Waals surface area contributed by atoms with Gasteiger partial charge in [0.2, 0.25) is 0 Å². The van der Waals surface area contributed by atoms with Crippen molar-refractivity contribution in [1.29, 1.82) is 0 Å². The molecule has 0 aliphatic carbocycles. The van der Waals surface area contributed by atoms with Crippen LogP contribution >= 0.6 is 0 Å². The molecule has 0 saturated heterocycles. The first-order chi connectivity index (χ1) is 12.7. The summed E-state index contributed by atoms with van der Waals surface area (Å²) in [6.07, 6.45) is 0.186. The molecule has 0 aromatic heterocycles. The maximum atomic E-state index is 11.0. The van der Waals surface area contributed by atoms with Crippen molar-refractivity contribution in [2.24, 2.45) is 0 Å². The van der Waals surface area contributed by atoms with Gasteiger partial charge in [-0.1, -0.05) is 0 Å². The first kappa shape index (κ1) is 25.4. The van der Waals surface area contributed by atoms with Crippen molar-refractivity contribution in [3.8, 4) is 0 Å². The Morgan fingerprint density at radius 2 is 1.19 bits per heavy atom. The van der Waals surface area contributed by atoms with Crippen LogP contribution in [0.2, 0.25) is 6.04 Å². The third kappa shape index (κ3) is 11.7. The largest absolute Gasteiger partial charge is 0.550 e. The van der Waals surface area contributed by atoms with E-state index < -0.39 is 33.3 Å². The molecule has 0 heterocycles. The Bertz CT molecular complexity index is 466. The third-order valence-electron chi connectivity index (χ3n) is 3.96. The predicted molar refractivity (Wildman–Crippen MR) is 88.7 cm³/mol. The molecule has 0 saturated carbocycles. The van der Waals surface area contributed by atoms with Crippen LogP contribution in [0.4, 0.5) is 0 Å². The van der Waals surface area contributed by atoms with E-state index in [9.17, 15) is 29.7 Å². The molecular formula is C15H27N2O9Si-3. The Morgan fingerprint density at radius 3 is 1.56 bits per heavy atom. The monoisotopic (exact) mass is 407 g/mol. The molecule has 0 atom stereocenters. The highest BCUT2D eigenvalue weighted by atomic mass is 28.4. The Morgan fingerprint density at radius 1 is 0.741 bits per heavy atom. The van der Waals surface area contributed by atoms with Crippen molar-refractivity contribution in [2.75, 3.05) is 60.6 Å². The zero-order chi connectivity index (χ0) is 20.9. The fraction of sp³-hybridized carbons (Fsp3) is 0.800. The van der Waals surface area contributed by atoms with Crippen LogP contribution in [-0.2, 0) is 27.7 Å². The van der Waals surface area contributed by atoms with E-state index in [0.29, 0.717) is 19.0 Å². The van der Waals surface area contributed by atoms with E-state index in [4.69, 9.17) is 13.3 Å². The van der Waals surface area contributed by atoms with Crippen molar-refractivity contribution in [1.82, 2.24) is 9.80 Å². The van der Waals surface area contributed by atoms with Gasteiger partial charge in [0.15, 0.2) is 0 Å². The number of carbonyl (C=O) groups is 3. The second kappa shape index (κ2) is 13.6. The minimum absolute atomic E-state index is 0.0392. The molecule has 0 aliphatic rings. The quantitative estimate of drug-likeness (QED) is 0.214. The molecule has 158 valence electrons. The lowest BCUT2D eigenvalue weighted by atomic mass is 10.3. The van der Waals surface area contributed by atoms with E-state index in [-0.39, 0.29) is 32.6 Å². The zero-order valence-corrected chi connectivity index (χ0v) is 16.9. The van der Waals surface area contributed by atoms with Gasteiger partial charge in [-0.05, 0) is 19.4 Å². The lowest BCUT2D eigenvalue weighted by Crippen LogP contribution is -2.47. The van der Waals surface area contributed by atoms with Crippen LogP contribution in [-0.4, -0.2) is 97.1 Å². The van der Waals surface area contributed by atoms with Gasteiger partial charge in [-0.15, -0.1) is 0 Å². The summed E-state index contributed by atoms with van der Waals surface area (Å²) in [5.74, 6) is -3.93. The Kier molecular flexibility index (Phi) is 12.8. The number of nitrogens with zero attached hydrogens (tertiary/aromatic N) is 2.